The van der Waals surface area contributed by atoms with E-state index in [2.05, 4.69) is 15.5 Å². The van der Waals surface area contributed by atoms with Gasteiger partial charge in [0.1, 0.15) is 5.82 Å². The lowest BCUT2D eigenvalue weighted by Crippen LogP contribution is -2.37. The Morgan fingerprint density at radius 1 is 1.17 bits per heavy atom. The number of hydrogen-bond donors (Lipinski definition) is 2. The number of nitrogens with one attached hydrogen (secondary N) is 1. The van der Waals surface area contributed by atoms with E-state index < -0.39 is 27.8 Å². The zero-order valence-electron chi connectivity index (χ0n) is 15.4. The minimum atomic E-state index is -3.32. The molecule has 152 valence electrons. The summed E-state index contributed by atoms with van der Waals surface area (Å²) in [5, 5.41) is 15.2. The van der Waals surface area contributed by atoms with E-state index >= 15 is 0 Å². The first-order valence-corrected chi connectivity index (χ1v) is 10.5. The van der Waals surface area contributed by atoms with Crippen LogP contribution in [0.2, 0.25) is 0 Å². The highest BCUT2D eigenvalue weighted by molar-refractivity contribution is 7.90. The van der Waals surface area contributed by atoms with E-state index in [1.54, 1.807) is 30.3 Å². The Kier molecular flexibility index (Phi) is 5.92. The van der Waals surface area contributed by atoms with Gasteiger partial charge in [0, 0.05) is 24.3 Å². The second kappa shape index (κ2) is 8.39. The third-order valence-corrected chi connectivity index (χ3v) is 5.31. The first kappa shape index (κ1) is 20.5. The molecule has 0 saturated carbocycles. The molecule has 0 saturated heterocycles. The Morgan fingerprint density at radius 2 is 1.86 bits per heavy atom. The maximum atomic E-state index is 13.9. The van der Waals surface area contributed by atoms with Crippen LogP contribution in [-0.2, 0) is 22.7 Å². The van der Waals surface area contributed by atoms with Crippen LogP contribution in [0.5, 0.6) is 0 Å². The molecule has 1 atom stereocenters. The number of rotatable bonds is 7. The molecule has 1 aromatic heterocycles. The van der Waals surface area contributed by atoms with Gasteiger partial charge in [-0.2, -0.15) is 4.98 Å². The number of sulfone groups is 1. The number of nitrogens with zero attached hydrogens (tertiary/aromatic N) is 2. The Morgan fingerprint density at radius 3 is 2.48 bits per heavy atom. The second-order valence-electron chi connectivity index (χ2n) is 6.45. The number of carbonyl (C=O) groups is 1. The number of halogens is 1. The summed E-state index contributed by atoms with van der Waals surface area (Å²) in [4.78, 5) is 15.5. The quantitative estimate of drug-likeness (QED) is 0.604. The Balaban J connectivity index is 1.77. The summed E-state index contributed by atoms with van der Waals surface area (Å²) in [5.41, 5.74) is 0.909. The van der Waals surface area contributed by atoms with Crippen LogP contribution in [0.25, 0.3) is 11.4 Å². The summed E-state index contributed by atoms with van der Waals surface area (Å²) < 4.78 is 42.2. The molecule has 3 rings (SSSR count). The molecule has 3 aromatic rings. The number of amides is 1. The fourth-order valence-electron chi connectivity index (χ4n) is 2.80. The molecule has 0 fully saturated rings. The van der Waals surface area contributed by atoms with Crippen LogP contribution in [0, 0.1) is 5.82 Å². The number of carboxylic acid groups (broad SMARTS) is 1. The Hall–Kier alpha value is -3.27. The van der Waals surface area contributed by atoms with Crippen molar-refractivity contribution in [3.63, 3.8) is 0 Å². The van der Waals surface area contributed by atoms with Crippen LogP contribution in [-0.4, -0.2) is 42.1 Å². The Labute approximate surface area is 166 Å². The predicted octanol–water partition coefficient (Wildman–Crippen LogP) is 2.70. The summed E-state index contributed by atoms with van der Waals surface area (Å²) in [6.45, 7) is 0. The topological polar surface area (TPSA) is 122 Å². The van der Waals surface area contributed by atoms with E-state index in [-0.39, 0.29) is 29.5 Å². The zero-order chi connectivity index (χ0) is 21.0. The van der Waals surface area contributed by atoms with Crippen LogP contribution >= 0.6 is 0 Å². The van der Waals surface area contributed by atoms with E-state index in [9.17, 15) is 17.6 Å². The van der Waals surface area contributed by atoms with Crippen molar-refractivity contribution in [2.75, 3.05) is 6.26 Å². The molecule has 29 heavy (non-hydrogen) atoms. The standard InChI is InChI=1S/C19H18FN3O5S/c1-29(26,27)15-8-6-12(7-9-15)18-22-17(28-23-18)11-14(21-19(24)25)10-13-4-2-3-5-16(13)20/h2-9,14,21H,10-11H2,1H3,(H,24,25)/t14-/m1/s1. The average Bonchev–Trinajstić information content (AvgIpc) is 3.11. The largest absolute Gasteiger partial charge is 0.465 e. The minimum Gasteiger partial charge on any atom is -0.465 e. The average molecular weight is 419 g/mol. The lowest BCUT2D eigenvalue weighted by atomic mass is 10.0. The number of benzene rings is 2. The van der Waals surface area contributed by atoms with Crippen molar-refractivity contribution in [2.45, 2.75) is 23.8 Å². The number of hydrogen-bond acceptors (Lipinski definition) is 6. The monoisotopic (exact) mass is 419 g/mol. The second-order valence-corrected chi connectivity index (χ2v) is 8.47. The van der Waals surface area contributed by atoms with Crippen molar-refractivity contribution < 1.29 is 27.2 Å². The third-order valence-electron chi connectivity index (χ3n) is 4.18. The van der Waals surface area contributed by atoms with Gasteiger partial charge in [-0.25, -0.2) is 17.6 Å². The lowest BCUT2D eigenvalue weighted by Gasteiger charge is -2.15. The molecule has 0 spiro atoms. The van der Waals surface area contributed by atoms with Crippen molar-refractivity contribution in [1.82, 2.24) is 15.5 Å². The van der Waals surface area contributed by atoms with Gasteiger partial charge in [0.15, 0.2) is 9.84 Å². The van der Waals surface area contributed by atoms with Gasteiger partial charge in [-0.05, 0) is 42.3 Å². The lowest BCUT2D eigenvalue weighted by molar-refractivity contribution is 0.188. The molecule has 0 unspecified atom stereocenters. The summed E-state index contributed by atoms with van der Waals surface area (Å²) >= 11 is 0. The molecule has 0 aliphatic rings. The van der Waals surface area contributed by atoms with Crippen molar-refractivity contribution in [3.8, 4) is 11.4 Å². The van der Waals surface area contributed by atoms with Gasteiger partial charge in [0.25, 0.3) is 0 Å². The first-order valence-electron chi connectivity index (χ1n) is 8.58. The molecule has 0 bridgehead atoms. The highest BCUT2D eigenvalue weighted by atomic mass is 32.2. The minimum absolute atomic E-state index is 0.0645. The Bertz CT molecular complexity index is 1110. The van der Waals surface area contributed by atoms with Crippen LogP contribution in [0.3, 0.4) is 0 Å². The van der Waals surface area contributed by atoms with Crippen molar-refractivity contribution >= 4 is 15.9 Å². The third kappa shape index (κ3) is 5.38. The molecule has 10 heteroatoms. The normalized spacial score (nSPS) is 12.5. The van der Waals surface area contributed by atoms with Gasteiger partial charge in [0.05, 0.1) is 4.90 Å². The van der Waals surface area contributed by atoms with Crippen molar-refractivity contribution in [1.29, 1.82) is 0 Å². The molecule has 1 amide bonds. The highest BCUT2D eigenvalue weighted by Crippen LogP contribution is 2.20. The molecule has 1 heterocycles. The fraction of sp³-hybridized carbons (Fsp3) is 0.211. The molecular weight excluding hydrogens is 401 g/mol. The van der Waals surface area contributed by atoms with E-state index in [0.717, 1.165) is 6.26 Å². The van der Waals surface area contributed by atoms with E-state index in [1.165, 1.54) is 18.2 Å². The van der Waals surface area contributed by atoms with Gasteiger partial charge in [-0.3, -0.25) is 0 Å². The van der Waals surface area contributed by atoms with Gasteiger partial charge in [-0.1, -0.05) is 23.4 Å². The molecular formula is C19H18FN3O5S. The van der Waals surface area contributed by atoms with E-state index in [4.69, 9.17) is 9.63 Å². The smallest absolute Gasteiger partial charge is 0.404 e. The molecule has 0 aliphatic heterocycles. The van der Waals surface area contributed by atoms with Gasteiger partial charge in [-0.15, -0.1) is 0 Å². The maximum Gasteiger partial charge on any atom is 0.404 e. The molecule has 0 aliphatic carbocycles. The van der Waals surface area contributed by atoms with Crippen molar-refractivity contribution in [2.24, 2.45) is 0 Å². The predicted molar refractivity (Wildman–Crippen MR) is 102 cm³/mol. The van der Waals surface area contributed by atoms with Crippen LogP contribution in [0.15, 0.2) is 57.9 Å². The van der Waals surface area contributed by atoms with Crippen LogP contribution < -0.4 is 5.32 Å². The summed E-state index contributed by atoms with van der Waals surface area (Å²) in [7, 11) is -3.32. The highest BCUT2D eigenvalue weighted by Gasteiger charge is 2.19. The SMILES string of the molecule is CS(=O)(=O)c1ccc(-c2noc(C[C@@H](Cc3ccccc3F)NC(=O)O)n2)cc1. The zero-order valence-corrected chi connectivity index (χ0v) is 16.2. The van der Waals surface area contributed by atoms with Crippen molar-refractivity contribution in [3.05, 3.63) is 65.8 Å². The molecule has 2 aromatic carbocycles. The van der Waals surface area contributed by atoms with E-state index in [1.807, 2.05) is 0 Å². The number of aromatic nitrogens is 2. The van der Waals surface area contributed by atoms with Gasteiger partial charge >= 0.3 is 6.09 Å². The summed E-state index contributed by atoms with van der Waals surface area (Å²) in [6.07, 6.45) is 0.0384. The molecule has 0 radical (unpaired) electrons. The fourth-order valence-corrected chi connectivity index (χ4v) is 3.43. The molecule has 8 nitrogen and oxygen atoms in total. The van der Waals surface area contributed by atoms with Gasteiger partial charge < -0.3 is 14.9 Å². The first-order chi connectivity index (χ1) is 13.7. The van der Waals surface area contributed by atoms with Crippen LogP contribution in [0.1, 0.15) is 11.5 Å². The summed E-state index contributed by atoms with van der Waals surface area (Å²) in [5.74, 6) is -0.0239. The summed E-state index contributed by atoms with van der Waals surface area (Å²) in [6, 6.07) is 11.4. The van der Waals surface area contributed by atoms with Gasteiger partial charge in [0.2, 0.25) is 11.7 Å². The molecule has 2 N–H and O–H groups in total. The maximum absolute atomic E-state index is 13.9. The van der Waals surface area contributed by atoms with E-state index in [0.29, 0.717) is 11.1 Å². The van der Waals surface area contributed by atoms with Crippen LogP contribution in [0.4, 0.5) is 9.18 Å².